The van der Waals surface area contributed by atoms with E-state index in [2.05, 4.69) is 16.0 Å². The van der Waals surface area contributed by atoms with E-state index in [1.165, 1.54) is 13.1 Å². The SMILES string of the molecule is Cc1ccc(S(=O)(=O)N(C)CC(=O)Nc2ccccc2NC(=O)NC(C)C)cc1C. The minimum atomic E-state index is -3.82. The highest BCUT2D eigenvalue weighted by molar-refractivity contribution is 7.89. The maximum atomic E-state index is 12.8. The average molecular weight is 433 g/mol. The van der Waals surface area contributed by atoms with E-state index in [9.17, 15) is 18.0 Å². The molecule has 2 aromatic rings. The van der Waals surface area contributed by atoms with Gasteiger partial charge in [-0.05, 0) is 63.1 Å². The number of nitrogens with zero attached hydrogens (tertiary/aromatic N) is 1. The highest BCUT2D eigenvalue weighted by Crippen LogP contribution is 2.22. The van der Waals surface area contributed by atoms with Crippen molar-refractivity contribution in [2.45, 2.75) is 38.6 Å². The number of para-hydroxylation sites is 2. The highest BCUT2D eigenvalue weighted by Gasteiger charge is 2.23. The fraction of sp³-hybridized carbons (Fsp3) is 0.333. The molecule has 0 saturated carbocycles. The van der Waals surface area contributed by atoms with Gasteiger partial charge in [-0.3, -0.25) is 4.79 Å². The molecule has 162 valence electrons. The van der Waals surface area contributed by atoms with E-state index < -0.39 is 22.0 Å². The molecule has 0 heterocycles. The maximum absolute atomic E-state index is 12.8. The molecule has 0 fully saturated rings. The first-order chi connectivity index (χ1) is 14.0. The van der Waals surface area contributed by atoms with E-state index in [1.807, 2.05) is 27.7 Å². The number of anilines is 2. The number of urea groups is 1. The van der Waals surface area contributed by atoms with Gasteiger partial charge >= 0.3 is 6.03 Å². The van der Waals surface area contributed by atoms with E-state index in [0.717, 1.165) is 15.4 Å². The molecule has 0 aromatic heterocycles. The molecule has 0 saturated heterocycles. The molecule has 2 rings (SSSR count). The minimum absolute atomic E-state index is 0.0454. The molecule has 0 radical (unpaired) electrons. The largest absolute Gasteiger partial charge is 0.336 e. The average Bonchev–Trinajstić information content (AvgIpc) is 2.64. The van der Waals surface area contributed by atoms with Crippen molar-refractivity contribution in [1.29, 1.82) is 0 Å². The summed E-state index contributed by atoms with van der Waals surface area (Å²) in [6.45, 7) is 7.02. The van der Waals surface area contributed by atoms with Gasteiger partial charge in [-0.15, -0.1) is 0 Å². The third-order valence-corrected chi connectivity index (χ3v) is 6.22. The predicted molar refractivity (Wildman–Crippen MR) is 118 cm³/mol. The van der Waals surface area contributed by atoms with E-state index in [4.69, 9.17) is 0 Å². The third-order valence-electron chi connectivity index (χ3n) is 4.42. The number of carbonyl (C=O) groups is 2. The molecule has 2 aromatic carbocycles. The molecule has 0 unspecified atom stereocenters. The number of amides is 3. The summed E-state index contributed by atoms with van der Waals surface area (Å²) in [5.74, 6) is -0.525. The van der Waals surface area contributed by atoms with Crippen LogP contribution in [-0.2, 0) is 14.8 Å². The Kier molecular flexibility index (Phi) is 7.58. The molecule has 0 aliphatic heterocycles. The summed E-state index contributed by atoms with van der Waals surface area (Å²) in [4.78, 5) is 24.6. The monoisotopic (exact) mass is 432 g/mol. The Hall–Kier alpha value is -2.91. The second-order valence-electron chi connectivity index (χ2n) is 7.35. The molecule has 0 aliphatic rings. The zero-order valence-corrected chi connectivity index (χ0v) is 18.6. The number of benzene rings is 2. The topological polar surface area (TPSA) is 108 Å². The van der Waals surface area contributed by atoms with Gasteiger partial charge in [0.05, 0.1) is 22.8 Å². The van der Waals surface area contributed by atoms with Crippen molar-refractivity contribution >= 4 is 33.3 Å². The number of sulfonamides is 1. The van der Waals surface area contributed by atoms with Gasteiger partial charge in [0.15, 0.2) is 0 Å². The Morgan fingerprint density at radius 3 is 2.13 bits per heavy atom. The van der Waals surface area contributed by atoms with Crippen molar-refractivity contribution in [1.82, 2.24) is 9.62 Å². The Morgan fingerprint density at radius 2 is 1.57 bits per heavy atom. The van der Waals surface area contributed by atoms with Crippen molar-refractivity contribution < 1.29 is 18.0 Å². The van der Waals surface area contributed by atoms with Gasteiger partial charge in [0.25, 0.3) is 0 Å². The summed E-state index contributed by atoms with van der Waals surface area (Å²) in [6.07, 6.45) is 0. The molecule has 30 heavy (non-hydrogen) atoms. The number of carbonyl (C=O) groups excluding carboxylic acids is 2. The summed E-state index contributed by atoms with van der Waals surface area (Å²) in [5.41, 5.74) is 2.62. The van der Waals surface area contributed by atoms with Gasteiger partial charge in [0.2, 0.25) is 15.9 Å². The van der Waals surface area contributed by atoms with Crippen LogP contribution in [0.5, 0.6) is 0 Å². The second-order valence-corrected chi connectivity index (χ2v) is 9.40. The first-order valence-corrected chi connectivity index (χ1v) is 10.9. The fourth-order valence-electron chi connectivity index (χ4n) is 2.65. The lowest BCUT2D eigenvalue weighted by atomic mass is 10.1. The number of rotatable bonds is 7. The van der Waals surface area contributed by atoms with E-state index in [0.29, 0.717) is 11.4 Å². The highest BCUT2D eigenvalue weighted by atomic mass is 32.2. The zero-order valence-electron chi connectivity index (χ0n) is 17.8. The van der Waals surface area contributed by atoms with Gasteiger partial charge < -0.3 is 16.0 Å². The summed E-state index contributed by atoms with van der Waals surface area (Å²) in [7, 11) is -2.46. The molecule has 8 nitrogen and oxygen atoms in total. The third kappa shape index (κ3) is 6.04. The number of hydrogen-bond acceptors (Lipinski definition) is 4. The number of nitrogens with one attached hydrogen (secondary N) is 3. The number of hydrogen-bond donors (Lipinski definition) is 3. The molecule has 3 amide bonds. The van der Waals surface area contributed by atoms with Crippen LogP contribution in [0.15, 0.2) is 47.4 Å². The van der Waals surface area contributed by atoms with Gasteiger partial charge in [-0.1, -0.05) is 18.2 Å². The predicted octanol–water partition coefficient (Wildman–Crippen LogP) is 3.09. The lowest BCUT2D eigenvalue weighted by Crippen LogP contribution is -2.36. The number of aryl methyl sites for hydroxylation is 2. The Bertz CT molecular complexity index is 1040. The molecule has 9 heteroatoms. The van der Waals surface area contributed by atoms with Crippen LogP contribution in [0.3, 0.4) is 0 Å². The molecule has 0 spiro atoms. The van der Waals surface area contributed by atoms with Gasteiger partial charge in [-0.25, -0.2) is 13.2 Å². The van der Waals surface area contributed by atoms with Crippen LogP contribution in [0.4, 0.5) is 16.2 Å². The van der Waals surface area contributed by atoms with E-state index in [-0.39, 0.29) is 17.5 Å². The lowest BCUT2D eigenvalue weighted by Gasteiger charge is -2.18. The molecule has 0 atom stereocenters. The van der Waals surface area contributed by atoms with Crippen LogP contribution < -0.4 is 16.0 Å². The van der Waals surface area contributed by atoms with Crippen LogP contribution in [0, 0.1) is 13.8 Å². The smallest absolute Gasteiger partial charge is 0.319 e. The molecule has 3 N–H and O–H groups in total. The summed E-state index contributed by atoms with van der Waals surface area (Å²) in [6, 6.07) is 11.1. The van der Waals surface area contributed by atoms with E-state index in [1.54, 1.807) is 36.4 Å². The quantitative estimate of drug-likeness (QED) is 0.625. The first kappa shape index (κ1) is 23.4. The number of likely N-dealkylation sites (N-methyl/N-ethyl adjacent to an activating group) is 1. The van der Waals surface area contributed by atoms with Gasteiger partial charge in [-0.2, -0.15) is 4.31 Å². The molecule has 0 bridgehead atoms. The fourth-order valence-corrected chi connectivity index (χ4v) is 3.87. The summed E-state index contributed by atoms with van der Waals surface area (Å²) in [5, 5.41) is 8.03. The zero-order chi connectivity index (χ0) is 22.5. The van der Waals surface area contributed by atoms with Crippen LogP contribution in [0.25, 0.3) is 0 Å². The molecular weight excluding hydrogens is 404 g/mol. The van der Waals surface area contributed by atoms with Crippen molar-refractivity contribution in [2.24, 2.45) is 0 Å². The van der Waals surface area contributed by atoms with Crippen molar-refractivity contribution in [3.05, 3.63) is 53.6 Å². The van der Waals surface area contributed by atoms with Gasteiger partial charge in [0.1, 0.15) is 0 Å². The maximum Gasteiger partial charge on any atom is 0.319 e. The summed E-state index contributed by atoms with van der Waals surface area (Å²) < 4.78 is 26.6. The first-order valence-electron chi connectivity index (χ1n) is 9.50. The second kappa shape index (κ2) is 9.73. The van der Waals surface area contributed by atoms with Crippen LogP contribution in [0.2, 0.25) is 0 Å². The van der Waals surface area contributed by atoms with Crippen LogP contribution in [0.1, 0.15) is 25.0 Å². The van der Waals surface area contributed by atoms with Gasteiger partial charge in [0, 0.05) is 13.1 Å². The lowest BCUT2D eigenvalue weighted by molar-refractivity contribution is -0.116. The van der Waals surface area contributed by atoms with Crippen LogP contribution >= 0.6 is 0 Å². The normalized spacial score (nSPS) is 11.4. The Morgan fingerprint density at radius 1 is 0.967 bits per heavy atom. The minimum Gasteiger partial charge on any atom is -0.336 e. The van der Waals surface area contributed by atoms with Crippen molar-refractivity contribution in [3.8, 4) is 0 Å². The van der Waals surface area contributed by atoms with Crippen molar-refractivity contribution in [3.63, 3.8) is 0 Å². The summed E-state index contributed by atoms with van der Waals surface area (Å²) >= 11 is 0. The Balaban J connectivity index is 2.10. The Labute approximate surface area is 177 Å². The standard InChI is InChI=1S/C21H28N4O4S/c1-14(2)22-21(27)24-19-9-7-6-8-18(19)23-20(26)13-25(5)30(28,29)17-11-10-15(3)16(4)12-17/h6-12,14H,13H2,1-5H3,(H,23,26)(H2,22,24,27). The molecular formula is C21H28N4O4S. The van der Waals surface area contributed by atoms with Crippen LogP contribution in [-0.4, -0.2) is 44.3 Å². The molecule has 0 aliphatic carbocycles. The van der Waals surface area contributed by atoms with Crippen molar-refractivity contribution in [2.75, 3.05) is 24.2 Å². The van der Waals surface area contributed by atoms with E-state index >= 15 is 0 Å².